The number of rotatable bonds is 3. The van der Waals surface area contributed by atoms with Crippen LogP contribution in [-0.2, 0) is 19.3 Å². The molecule has 0 bridgehead atoms. The van der Waals surface area contributed by atoms with Crippen molar-refractivity contribution in [2.24, 2.45) is 5.73 Å². The van der Waals surface area contributed by atoms with E-state index in [9.17, 15) is 0 Å². The zero-order valence-corrected chi connectivity index (χ0v) is 10.7. The summed E-state index contributed by atoms with van der Waals surface area (Å²) in [6.07, 6.45) is 6.48. The zero-order chi connectivity index (χ0) is 12.3. The van der Waals surface area contributed by atoms with Gasteiger partial charge in [-0.1, -0.05) is 6.42 Å². The van der Waals surface area contributed by atoms with Crippen LogP contribution in [0.3, 0.4) is 0 Å². The Balaban J connectivity index is 2.36. The van der Waals surface area contributed by atoms with Crippen molar-refractivity contribution < 1.29 is 4.74 Å². The number of aromatic nitrogens is 2. The quantitative estimate of drug-likeness (QED) is 0.809. The molecule has 0 fully saturated rings. The predicted octanol–water partition coefficient (Wildman–Crippen LogP) is 1.64. The minimum absolute atomic E-state index is 0.0866. The van der Waals surface area contributed by atoms with E-state index in [2.05, 4.69) is 9.97 Å². The molecule has 4 heteroatoms. The van der Waals surface area contributed by atoms with Gasteiger partial charge in [0.15, 0.2) is 0 Å². The first-order chi connectivity index (χ1) is 8.20. The molecular weight excluding hydrogens is 214 g/mol. The Morgan fingerprint density at radius 2 is 2.00 bits per heavy atom. The highest BCUT2D eigenvalue weighted by Gasteiger charge is 2.17. The van der Waals surface area contributed by atoms with E-state index in [0.717, 1.165) is 24.5 Å². The molecule has 0 radical (unpaired) electrons. The molecule has 0 aromatic carbocycles. The monoisotopic (exact) mass is 235 g/mol. The smallest absolute Gasteiger partial charge is 0.219 e. The van der Waals surface area contributed by atoms with Gasteiger partial charge in [-0.15, -0.1) is 0 Å². The van der Waals surface area contributed by atoms with Crippen molar-refractivity contribution in [1.82, 2.24) is 9.97 Å². The molecule has 2 rings (SSSR count). The van der Waals surface area contributed by atoms with Crippen molar-refractivity contribution >= 4 is 0 Å². The Hall–Kier alpha value is -1.16. The first-order valence-corrected chi connectivity index (χ1v) is 6.39. The number of hydrogen-bond acceptors (Lipinski definition) is 4. The maximum absolute atomic E-state index is 5.80. The standard InChI is InChI=1S/C13H21N3O/c1-9(14)8-12-15-11-7-5-3-4-6-10(11)13(16-12)17-2/h9H,3-8,14H2,1-2H3. The van der Waals surface area contributed by atoms with Gasteiger partial charge >= 0.3 is 0 Å². The van der Waals surface area contributed by atoms with Crippen molar-refractivity contribution in [3.8, 4) is 5.88 Å². The van der Waals surface area contributed by atoms with Crippen molar-refractivity contribution in [3.05, 3.63) is 17.1 Å². The molecule has 0 aliphatic heterocycles. The van der Waals surface area contributed by atoms with Gasteiger partial charge in [0.2, 0.25) is 5.88 Å². The summed E-state index contributed by atoms with van der Waals surface area (Å²) in [6.45, 7) is 1.97. The molecule has 1 unspecified atom stereocenters. The van der Waals surface area contributed by atoms with Crippen molar-refractivity contribution in [3.63, 3.8) is 0 Å². The molecule has 94 valence electrons. The third-order valence-electron chi connectivity index (χ3n) is 3.14. The van der Waals surface area contributed by atoms with Gasteiger partial charge in [0.1, 0.15) is 5.82 Å². The van der Waals surface area contributed by atoms with E-state index in [1.165, 1.54) is 30.5 Å². The van der Waals surface area contributed by atoms with E-state index in [0.29, 0.717) is 6.42 Å². The maximum Gasteiger partial charge on any atom is 0.219 e. The number of ether oxygens (including phenoxy) is 1. The lowest BCUT2D eigenvalue weighted by Gasteiger charge is -2.12. The molecule has 2 N–H and O–H groups in total. The molecule has 0 saturated heterocycles. The van der Waals surface area contributed by atoms with E-state index >= 15 is 0 Å². The highest BCUT2D eigenvalue weighted by Crippen LogP contribution is 2.26. The summed E-state index contributed by atoms with van der Waals surface area (Å²) in [6, 6.07) is 0.0866. The maximum atomic E-state index is 5.80. The van der Waals surface area contributed by atoms with Crippen LogP contribution in [0, 0.1) is 0 Å². The Labute approximate surface area is 103 Å². The summed E-state index contributed by atoms with van der Waals surface area (Å²) >= 11 is 0. The highest BCUT2D eigenvalue weighted by molar-refractivity contribution is 5.32. The topological polar surface area (TPSA) is 61.0 Å². The number of aryl methyl sites for hydroxylation is 1. The molecule has 0 amide bonds. The van der Waals surface area contributed by atoms with Crippen LogP contribution >= 0.6 is 0 Å². The van der Waals surface area contributed by atoms with Gasteiger partial charge in [0.25, 0.3) is 0 Å². The predicted molar refractivity (Wildman–Crippen MR) is 67.2 cm³/mol. The van der Waals surface area contributed by atoms with Gasteiger partial charge in [0.05, 0.1) is 12.8 Å². The average Bonchev–Trinajstić information content (AvgIpc) is 2.52. The fourth-order valence-corrected chi connectivity index (χ4v) is 2.33. The van der Waals surface area contributed by atoms with Crippen LogP contribution in [0.4, 0.5) is 0 Å². The minimum Gasteiger partial charge on any atom is -0.481 e. The molecule has 0 saturated carbocycles. The zero-order valence-electron chi connectivity index (χ0n) is 10.7. The van der Waals surface area contributed by atoms with Crippen molar-refractivity contribution in [2.75, 3.05) is 7.11 Å². The Morgan fingerprint density at radius 1 is 1.24 bits per heavy atom. The van der Waals surface area contributed by atoms with E-state index in [1.54, 1.807) is 7.11 Å². The third kappa shape index (κ3) is 2.94. The second kappa shape index (κ2) is 5.45. The van der Waals surface area contributed by atoms with Crippen LogP contribution in [0.25, 0.3) is 0 Å². The van der Waals surface area contributed by atoms with Crippen LogP contribution < -0.4 is 10.5 Å². The van der Waals surface area contributed by atoms with Gasteiger partial charge in [0, 0.05) is 18.0 Å². The average molecular weight is 235 g/mol. The first-order valence-electron chi connectivity index (χ1n) is 6.39. The second-order valence-electron chi connectivity index (χ2n) is 4.82. The molecule has 1 aromatic heterocycles. The number of fused-ring (bicyclic) bond motifs is 1. The lowest BCUT2D eigenvalue weighted by atomic mass is 10.1. The summed E-state index contributed by atoms with van der Waals surface area (Å²) < 4.78 is 5.40. The summed E-state index contributed by atoms with van der Waals surface area (Å²) in [4.78, 5) is 9.12. The van der Waals surface area contributed by atoms with Crippen LogP contribution in [0.5, 0.6) is 5.88 Å². The van der Waals surface area contributed by atoms with Crippen molar-refractivity contribution in [2.45, 2.75) is 51.5 Å². The molecule has 1 atom stereocenters. The van der Waals surface area contributed by atoms with Gasteiger partial charge in [-0.05, 0) is 32.6 Å². The van der Waals surface area contributed by atoms with Crippen LogP contribution in [-0.4, -0.2) is 23.1 Å². The van der Waals surface area contributed by atoms with E-state index in [4.69, 9.17) is 10.5 Å². The largest absolute Gasteiger partial charge is 0.481 e. The fourth-order valence-electron chi connectivity index (χ4n) is 2.33. The fraction of sp³-hybridized carbons (Fsp3) is 0.692. The molecule has 0 spiro atoms. The molecule has 4 nitrogen and oxygen atoms in total. The number of hydrogen-bond donors (Lipinski definition) is 1. The lowest BCUT2D eigenvalue weighted by molar-refractivity contribution is 0.387. The lowest BCUT2D eigenvalue weighted by Crippen LogP contribution is -2.20. The van der Waals surface area contributed by atoms with Gasteiger partial charge in [-0.3, -0.25) is 0 Å². The van der Waals surface area contributed by atoms with Gasteiger partial charge in [-0.25, -0.2) is 4.98 Å². The number of nitrogens with zero attached hydrogens (tertiary/aromatic N) is 2. The van der Waals surface area contributed by atoms with E-state index < -0.39 is 0 Å². The van der Waals surface area contributed by atoms with Crippen LogP contribution in [0.15, 0.2) is 0 Å². The Kier molecular flexibility index (Phi) is 3.94. The van der Waals surface area contributed by atoms with Gasteiger partial charge < -0.3 is 10.5 Å². The van der Waals surface area contributed by atoms with Gasteiger partial charge in [-0.2, -0.15) is 4.98 Å². The molecule has 1 aliphatic carbocycles. The molecular formula is C13H21N3O. The summed E-state index contributed by atoms with van der Waals surface area (Å²) in [7, 11) is 1.68. The third-order valence-corrected chi connectivity index (χ3v) is 3.14. The second-order valence-corrected chi connectivity index (χ2v) is 4.82. The number of methoxy groups -OCH3 is 1. The summed E-state index contributed by atoms with van der Waals surface area (Å²) in [5, 5.41) is 0. The summed E-state index contributed by atoms with van der Waals surface area (Å²) in [5.74, 6) is 1.57. The van der Waals surface area contributed by atoms with Crippen molar-refractivity contribution in [1.29, 1.82) is 0 Å². The van der Waals surface area contributed by atoms with Crippen LogP contribution in [0.1, 0.15) is 43.3 Å². The molecule has 17 heavy (non-hydrogen) atoms. The Morgan fingerprint density at radius 3 is 2.71 bits per heavy atom. The highest BCUT2D eigenvalue weighted by atomic mass is 16.5. The van der Waals surface area contributed by atoms with E-state index in [-0.39, 0.29) is 6.04 Å². The summed E-state index contributed by atoms with van der Waals surface area (Å²) in [5.41, 5.74) is 8.18. The minimum atomic E-state index is 0.0866. The molecule has 1 aromatic rings. The van der Waals surface area contributed by atoms with E-state index in [1.807, 2.05) is 6.92 Å². The number of nitrogens with two attached hydrogens (primary N) is 1. The Bertz CT molecular complexity index is 390. The SMILES string of the molecule is COc1nc(CC(C)N)nc2c1CCCCC2. The molecule has 1 aliphatic rings. The van der Waals surface area contributed by atoms with Crippen LogP contribution in [0.2, 0.25) is 0 Å². The first kappa shape index (κ1) is 12.3. The normalized spacial score (nSPS) is 17.1. The molecule has 1 heterocycles.